The highest BCUT2D eigenvalue weighted by molar-refractivity contribution is 5.83. The van der Waals surface area contributed by atoms with E-state index in [2.05, 4.69) is 20.4 Å². The van der Waals surface area contributed by atoms with Crippen LogP contribution in [-0.4, -0.2) is 18.7 Å². The summed E-state index contributed by atoms with van der Waals surface area (Å²) in [5.41, 5.74) is 1.99. The number of esters is 1. The molecular weight excluding hydrogens is 264 g/mol. The van der Waals surface area contributed by atoms with Crippen LogP contribution in [0.5, 0.6) is 5.75 Å². The van der Waals surface area contributed by atoms with E-state index in [0.29, 0.717) is 12.5 Å². The fourth-order valence-electron chi connectivity index (χ4n) is 2.71. The molecule has 0 N–H and O–H groups in total. The summed E-state index contributed by atoms with van der Waals surface area (Å²) < 4.78 is 11.1. The first-order valence-corrected chi connectivity index (χ1v) is 7.66. The Morgan fingerprint density at radius 2 is 2.10 bits per heavy atom. The minimum Gasteiger partial charge on any atom is -0.477 e. The monoisotopic (exact) mass is 288 g/mol. The fourth-order valence-corrected chi connectivity index (χ4v) is 2.71. The Kier molecular flexibility index (Phi) is 5.05. The van der Waals surface area contributed by atoms with Gasteiger partial charge in [-0.25, -0.2) is 4.79 Å². The second kappa shape index (κ2) is 6.79. The largest absolute Gasteiger partial charge is 0.477 e. The molecule has 1 aromatic rings. The van der Waals surface area contributed by atoms with Crippen LogP contribution in [0.3, 0.4) is 0 Å². The molecule has 21 heavy (non-hydrogen) atoms. The first-order valence-electron chi connectivity index (χ1n) is 7.66. The third-order valence-corrected chi connectivity index (χ3v) is 3.87. The maximum atomic E-state index is 12.2. The molecule has 0 spiro atoms. The smallest absolute Gasteiger partial charge is 0.347 e. The minimum absolute atomic E-state index is 0.0126. The summed E-state index contributed by atoms with van der Waals surface area (Å²) in [6, 6.07) is 7.76. The van der Waals surface area contributed by atoms with Gasteiger partial charge in [-0.3, -0.25) is 0 Å². The molecular formula is C18H24O3. The average Bonchev–Trinajstić information content (AvgIpc) is 2.46. The highest BCUT2D eigenvalue weighted by Crippen LogP contribution is 2.41. The van der Waals surface area contributed by atoms with Crippen molar-refractivity contribution in [1.82, 2.24) is 0 Å². The van der Waals surface area contributed by atoms with Crippen molar-refractivity contribution in [3.05, 3.63) is 36.4 Å². The lowest BCUT2D eigenvalue weighted by molar-refractivity contribution is -0.153. The van der Waals surface area contributed by atoms with Crippen molar-refractivity contribution in [3.8, 4) is 5.75 Å². The van der Waals surface area contributed by atoms with Gasteiger partial charge in [0.25, 0.3) is 0 Å². The molecule has 0 bridgehead atoms. The Morgan fingerprint density at radius 1 is 1.38 bits per heavy atom. The molecule has 0 fully saturated rings. The number of rotatable bonds is 5. The van der Waals surface area contributed by atoms with Crippen molar-refractivity contribution in [2.24, 2.45) is 11.8 Å². The summed E-state index contributed by atoms with van der Waals surface area (Å²) in [7, 11) is 0. The van der Waals surface area contributed by atoms with E-state index in [1.807, 2.05) is 31.2 Å². The van der Waals surface area contributed by atoms with Crippen LogP contribution in [-0.2, 0) is 9.53 Å². The van der Waals surface area contributed by atoms with Crippen molar-refractivity contribution in [2.75, 3.05) is 6.61 Å². The van der Waals surface area contributed by atoms with Gasteiger partial charge in [-0.2, -0.15) is 0 Å². The highest BCUT2D eigenvalue weighted by atomic mass is 16.6. The molecule has 1 aliphatic heterocycles. The van der Waals surface area contributed by atoms with Gasteiger partial charge in [0.05, 0.1) is 6.61 Å². The van der Waals surface area contributed by atoms with Gasteiger partial charge in [0.15, 0.2) is 0 Å². The summed E-state index contributed by atoms with van der Waals surface area (Å²) in [4.78, 5) is 12.2. The van der Waals surface area contributed by atoms with E-state index in [0.717, 1.165) is 29.7 Å². The Bertz CT molecular complexity index is 519. The number of para-hydroxylation sites is 1. The minimum atomic E-state index is -0.578. The zero-order valence-electron chi connectivity index (χ0n) is 13.1. The molecule has 114 valence electrons. The SMILES string of the molecule is C=C1c2ccccc2O[C@H](C(=O)OCC)[C@@H]1CCC(C)C. The Hall–Kier alpha value is -1.77. The predicted octanol–water partition coefficient (Wildman–Crippen LogP) is 4.08. The van der Waals surface area contributed by atoms with Crippen LogP contribution in [0.1, 0.15) is 39.2 Å². The quantitative estimate of drug-likeness (QED) is 0.766. The summed E-state index contributed by atoms with van der Waals surface area (Å²) >= 11 is 0. The lowest BCUT2D eigenvalue weighted by Crippen LogP contribution is -2.40. The highest BCUT2D eigenvalue weighted by Gasteiger charge is 2.38. The molecule has 0 amide bonds. The van der Waals surface area contributed by atoms with Gasteiger partial charge in [-0.05, 0) is 30.9 Å². The first-order chi connectivity index (χ1) is 10.0. The maximum Gasteiger partial charge on any atom is 0.347 e. The number of benzene rings is 1. The van der Waals surface area contributed by atoms with E-state index < -0.39 is 6.10 Å². The number of hydrogen-bond acceptors (Lipinski definition) is 3. The molecule has 3 heteroatoms. The summed E-state index contributed by atoms with van der Waals surface area (Å²) in [6.45, 7) is 10.8. The molecule has 1 aliphatic rings. The lowest BCUT2D eigenvalue weighted by Gasteiger charge is -2.34. The second-order valence-electron chi connectivity index (χ2n) is 5.89. The zero-order valence-corrected chi connectivity index (χ0v) is 13.1. The fraction of sp³-hybridized carbons (Fsp3) is 0.500. The summed E-state index contributed by atoms with van der Waals surface area (Å²) in [6.07, 6.45) is 1.34. The summed E-state index contributed by atoms with van der Waals surface area (Å²) in [5, 5.41) is 0. The number of carbonyl (C=O) groups is 1. The van der Waals surface area contributed by atoms with Crippen LogP contribution in [0, 0.1) is 11.8 Å². The van der Waals surface area contributed by atoms with Crippen LogP contribution in [0.4, 0.5) is 0 Å². The van der Waals surface area contributed by atoms with E-state index in [4.69, 9.17) is 9.47 Å². The molecule has 1 heterocycles. The molecule has 0 saturated carbocycles. The van der Waals surface area contributed by atoms with Crippen molar-refractivity contribution < 1.29 is 14.3 Å². The van der Waals surface area contributed by atoms with Crippen molar-refractivity contribution in [2.45, 2.75) is 39.7 Å². The van der Waals surface area contributed by atoms with E-state index in [9.17, 15) is 4.79 Å². The van der Waals surface area contributed by atoms with E-state index in [-0.39, 0.29) is 11.9 Å². The van der Waals surface area contributed by atoms with Crippen LogP contribution >= 0.6 is 0 Å². The number of hydrogen-bond donors (Lipinski definition) is 0. The van der Waals surface area contributed by atoms with Crippen LogP contribution < -0.4 is 4.74 Å². The van der Waals surface area contributed by atoms with Gasteiger partial charge in [-0.1, -0.05) is 45.0 Å². The first kappa shape index (κ1) is 15.6. The molecule has 2 atom stereocenters. The zero-order chi connectivity index (χ0) is 15.4. The average molecular weight is 288 g/mol. The van der Waals surface area contributed by atoms with E-state index >= 15 is 0 Å². The van der Waals surface area contributed by atoms with Crippen LogP contribution in [0.25, 0.3) is 5.57 Å². The second-order valence-corrected chi connectivity index (χ2v) is 5.89. The molecule has 0 saturated heterocycles. The molecule has 0 unspecified atom stereocenters. The van der Waals surface area contributed by atoms with Gasteiger partial charge in [0.1, 0.15) is 5.75 Å². The van der Waals surface area contributed by atoms with E-state index in [1.54, 1.807) is 0 Å². The van der Waals surface area contributed by atoms with Crippen molar-refractivity contribution in [3.63, 3.8) is 0 Å². The Morgan fingerprint density at radius 3 is 2.76 bits per heavy atom. The van der Waals surface area contributed by atoms with Crippen molar-refractivity contribution in [1.29, 1.82) is 0 Å². The third kappa shape index (κ3) is 3.46. The standard InChI is InChI=1S/C18H24O3/c1-5-20-18(19)17-15(11-10-12(2)3)13(4)14-8-6-7-9-16(14)21-17/h6-9,12,15,17H,4-5,10-11H2,1-3H3/t15-,17+/m1/s1. The summed E-state index contributed by atoms with van der Waals surface area (Å²) in [5.74, 6) is 1.00. The van der Waals surface area contributed by atoms with Crippen LogP contribution in [0.15, 0.2) is 30.8 Å². The van der Waals surface area contributed by atoms with Crippen LogP contribution in [0.2, 0.25) is 0 Å². The molecule has 0 aliphatic carbocycles. The van der Waals surface area contributed by atoms with Gasteiger partial charge in [0.2, 0.25) is 6.10 Å². The van der Waals surface area contributed by atoms with E-state index in [1.165, 1.54) is 0 Å². The third-order valence-electron chi connectivity index (χ3n) is 3.87. The number of fused-ring (bicyclic) bond motifs is 1. The number of carbonyl (C=O) groups excluding carboxylic acids is 1. The predicted molar refractivity (Wildman–Crippen MR) is 84.1 cm³/mol. The molecule has 0 radical (unpaired) electrons. The van der Waals surface area contributed by atoms with Gasteiger partial charge in [-0.15, -0.1) is 0 Å². The van der Waals surface area contributed by atoms with Gasteiger partial charge >= 0.3 is 5.97 Å². The normalized spacial score (nSPS) is 20.9. The van der Waals surface area contributed by atoms with Crippen molar-refractivity contribution >= 4 is 11.5 Å². The Labute approximate surface area is 127 Å². The molecule has 2 rings (SSSR count). The molecule has 3 nitrogen and oxygen atoms in total. The lowest BCUT2D eigenvalue weighted by atomic mass is 9.82. The maximum absolute atomic E-state index is 12.2. The molecule has 0 aromatic heterocycles. The number of ether oxygens (including phenoxy) is 2. The van der Waals surface area contributed by atoms with Gasteiger partial charge in [0, 0.05) is 11.5 Å². The Balaban J connectivity index is 2.28. The van der Waals surface area contributed by atoms with Gasteiger partial charge < -0.3 is 9.47 Å². The topological polar surface area (TPSA) is 35.5 Å². The molecule has 1 aromatic carbocycles.